The molecule has 0 aliphatic heterocycles. The molecule has 2 N–H and O–H groups in total. The maximum Gasteiger partial charge on any atom is 0.240 e. The Balaban J connectivity index is 2.90. The minimum Gasteiger partial charge on any atom is -0.506 e. The summed E-state index contributed by atoms with van der Waals surface area (Å²) in [5.74, 6) is -0.260. The number of amides is 1. The molecule has 1 aromatic carbocycles. The highest BCUT2D eigenvalue weighted by molar-refractivity contribution is 9.10. The van der Waals surface area contributed by atoms with Crippen LogP contribution in [-0.4, -0.2) is 15.3 Å². The van der Waals surface area contributed by atoms with E-state index in [4.69, 9.17) is 11.6 Å². The fourth-order valence-electron chi connectivity index (χ4n) is 0.879. The van der Waals surface area contributed by atoms with Gasteiger partial charge in [-0.25, -0.2) is 0 Å². The number of hydrogen-bond donors (Lipinski definition) is 2. The van der Waals surface area contributed by atoms with Crippen molar-refractivity contribution in [1.82, 2.24) is 0 Å². The zero-order chi connectivity index (χ0) is 11.6. The van der Waals surface area contributed by atoms with Crippen molar-refractivity contribution in [1.29, 1.82) is 0 Å². The number of carbonyl (C=O) groups excluding carboxylic acids is 1. The number of rotatable bonds is 2. The number of aromatic hydroxyl groups is 1. The molecule has 15 heavy (non-hydrogen) atoms. The molecule has 3 nitrogen and oxygen atoms in total. The van der Waals surface area contributed by atoms with E-state index < -0.39 is 4.32 Å². The van der Waals surface area contributed by atoms with Gasteiger partial charge in [0.1, 0.15) is 5.75 Å². The molecule has 0 bridgehead atoms. The predicted molar refractivity (Wildman–Crippen MR) is 64.8 cm³/mol. The number of halogens is 2. The van der Waals surface area contributed by atoms with Gasteiger partial charge in [-0.1, -0.05) is 27.5 Å². The van der Waals surface area contributed by atoms with Gasteiger partial charge in [-0.05, 0) is 32.0 Å². The number of alkyl halides is 1. The quantitative estimate of drug-likeness (QED) is 0.650. The Morgan fingerprint density at radius 1 is 1.53 bits per heavy atom. The number of phenols is 1. The van der Waals surface area contributed by atoms with Gasteiger partial charge >= 0.3 is 0 Å². The second-order valence-corrected chi connectivity index (χ2v) is 6.01. The predicted octanol–water partition coefficient (Wildman–Crippen LogP) is 3.16. The van der Waals surface area contributed by atoms with Crippen LogP contribution >= 0.6 is 27.5 Å². The third kappa shape index (κ3) is 3.39. The fourth-order valence-corrected chi connectivity index (χ4v) is 1.15. The van der Waals surface area contributed by atoms with Crippen LogP contribution in [-0.2, 0) is 4.79 Å². The van der Waals surface area contributed by atoms with Crippen LogP contribution in [0.1, 0.15) is 13.8 Å². The molecular formula is C10H11BrClNO2. The molecule has 82 valence electrons. The summed E-state index contributed by atoms with van der Waals surface area (Å²) in [6.45, 7) is 3.42. The molecule has 1 rings (SSSR count). The molecular weight excluding hydrogens is 281 g/mol. The van der Waals surface area contributed by atoms with E-state index in [1.54, 1.807) is 19.9 Å². The standard InChI is InChI=1S/C10H11BrClNO2/c1-10(2,11)9(15)13-7-5-6(12)3-4-8(7)14/h3-5,14H,1-2H3,(H,13,15). The van der Waals surface area contributed by atoms with Crippen molar-refractivity contribution >= 4 is 39.1 Å². The molecule has 0 saturated heterocycles. The third-order valence-electron chi connectivity index (χ3n) is 1.75. The van der Waals surface area contributed by atoms with Crippen molar-refractivity contribution in [2.45, 2.75) is 18.2 Å². The van der Waals surface area contributed by atoms with Crippen molar-refractivity contribution in [2.24, 2.45) is 0 Å². The fraction of sp³-hybridized carbons (Fsp3) is 0.300. The molecule has 0 atom stereocenters. The average molecular weight is 293 g/mol. The lowest BCUT2D eigenvalue weighted by atomic mass is 10.2. The van der Waals surface area contributed by atoms with Gasteiger partial charge in [-0.3, -0.25) is 4.79 Å². The Kier molecular flexibility index (Phi) is 3.62. The van der Waals surface area contributed by atoms with Crippen molar-refractivity contribution in [3.63, 3.8) is 0 Å². The van der Waals surface area contributed by atoms with Crippen molar-refractivity contribution in [2.75, 3.05) is 5.32 Å². The number of carbonyl (C=O) groups is 1. The van der Waals surface area contributed by atoms with E-state index in [0.717, 1.165) is 0 Å². The molecule has 1 amide bonds. The topological polar surface area (TPSA) is 49.3 Å². The summed E-state index contributed by atoms with van der Waals surface area (Å²) < 4.78 is -0.693. The van der Waals surface area contributed by atoms with Gasteiger partial charge in [0.2, 0.25) is 5.91 Å². The van der Waals surface area contributed by atoms with Gasteiger partial charge in [-0.2, -0.15) is 0 Å². The van der Waals surface area contributed by atoms with Crippen molar-refractivity contribution < 1.29 is 9.90 Å². The van der Waals surface area contributed by atoms with Crippen LogP contribution in [0.15, 0.2) is 18.2 Å². The molecule has 0 aliphatic carbocycles. The summed E-state index contributed by atoms with van der Waals surface area (Å²) in [5.41, 5.74) is 0.306. The van der Waals surface area contributed by atoms with Gasteiger partial charge in [0.15, 0.2) is 0 Å². The van der Waals surface area contributed by atoms with Crippen LogP contribution in [0, 0.1) is 0 Å². The Morgan fingerprint density at radius 3 is 2.67 bits per heavy atom. The summed E-state index contributed by atoms with van der Waals surface area (Å²) in [6.07, 6.45) is 0. The first kappa shape index (κ1) is 12.3. The summed E-state index contributed by atoms with van der Waals surface area (Å²) >= 11 is 8.96. The van der Waals surface area contributed by atoms with E-state index in [0.29, 0.717) is 10.7 Å². The lowest BCUT2D eigenvalue weighted by Gasteiger charge is -2.16. The lowest BCUT2D eigenvalue weighted by molar-refractivity contribution is -0.117. The Morgan fingerprint density at radius 2 is 2.13 bits per heavy atom. The summed E-state index contributed by atoms with van der Waals surface area (Å²) in [5, 5.41) is 12.5. The number of phenolic OH excluding ortho intramolecular Hbond substituents is 1. The van der Waals surface area contributed by atoms with Gasteiger partial charge < -0.3 is 10.4 Å². The maximum absolute atomic E-state index is 11.6. The highest BCUT2D eigenvalue weighted by atomic mass is 79.9. The van der Waals surface area contributed by atoms with Crippen LogP contribution in [0.25, 0.3) is 0 Å². The smallest absolute Gasteiger partial charge is 0.240 e. The first-order valence-electron chi connectivity index (χ1n) is 4.29. The largest absolute Gasteiger partial charge is 0.506 e. The Bertz CT molecular complexity index is 387. The molecule has 5 heteroatoms. The van der Waals surface area contributed by atoms with E-state index in [2.05, 4.69) is 21.2 Å². The Hall–Kier alpha value is -0.740. The van der Waals surface area contributed by atoms with Gasteiger partial charge in [0.25, 0.3) is 0 Å². The maximum atomic E-state index is 11.6. The van der Waals surface area contributed by atoms with Gasteiger partial charge in [0.05, 0.1) is 10.0 Å². The summed E-state index contributed by atoms with van der Waals surface area (Å²) in [7, 11) is 0. The summed E-state index contributed by atoms with van der Waals surface area (Å²) in [4.78, 5) is 11.6. The van der Waals surface area contributed by atoms with Crippen LogP contribution < -0.4 is 5.32 Å². The van der Waals surface area contributed by atoms with Gasteiger partial charge in [0, 0.05) is 5.02 Å². The molecule has 0 spiro atoms. The third-order valence-corrected chi connectivity index (χ3v) is 2.34. The zero-order valence-electron chi connectivity index (χ0n) is 8.34. The second kappa shape index (κ2) is 4.41. The summed E-state index contributed by atoms with van der Waals surface area (Å²) in [6, 6.07) is 4.47. The van der Waals surface area contributed by atoms with Crippen LogP contribution in [0.4, 0.5) is 5.69 Å². The van der Waals surface area contributed by atoms with E-state index in [1.165, 1.54) is 12.1 Å². The van der Waals surface area contributed by atoms with Crippen molar-refractivity contribution in [3.8, 4) is 5.75 Å². The van der Waals surface area contributed by atoms with E-state index in [-0.39, 0.29) is 11.7 Å². The molecule has 0 unspecified atom stereocenters. The van der Waals surface area contributed by atoms with E-state index in [1.807, 2.05) is 0 Å². The van der Waals surface area contributed by atoms with Crippen LogP contribution in [0.3, 0.4) is 0 Å². The van der Waals surface area contributed by atoms with Crippen LogP contribution in [0.2, 0.25) is 5.02 Å². The van der Waals surface area contributed by atoms with Crippen molar-refractivity contribution in [3.05, 3.63) is 23.2 Å². The first-order valence-corrected chi connectivity index (χ1v) is 5.46. The number of hydrogen-bond acceptors (Lipinski definition) is 2. The Labute approximate surface area is 102 Å². The number of nitrogens with one attached hydrogen (secondary N) is 1. The monoisotopic (exact) mass is 291 g/mol. The van der Waals surface area contributed by atoms with Crippen LogP contribution in [0.5, 0.6) is 5.75 Å². The molecule has 0 fully saturated rings. The number of anilines is 1. The highest BCUT2D eigenvalue weighted by Gasteiger charge is 2.24. The number of benzene rings is 1. The normalized spacial score (nSPS) is 11.2. The van der Waals surface area contributed by atoms with E-state index in [9.17, 15) is 9.90 Å². The molecule has 0 heterocycles. The van der Waals surface area contributed by atoms with E-state index >= 15 is 0 Å². The SMILES string of the molecule is CC(C)(Br)C(=O)Nc1cc(Cl)ccc1O. The molecule has 1 aromatic rings. The minimum atomic E-state index is -0.693. The lowest BCUT2D eigenvalue weighted by Crippen LogP contribution is -2.30. The molecule has 0 aliphatic rings. The average Bonchev–Trinajstić information content (AvgIpc) is 2.09. The first-order chi connectivity index (χ1) is 6.80. The highest BCUT2D eigenvalue weighted by Crippen LogP contribution is 2.28. The van der Waals surface area contributed by atoms with Gasteiger partial charge in [-0.15, -0.1) is 0 Å². The molecule has 0 saturated carbocycles. The zero-order valence-corrected chi connectivity index (χ0v) is 10.7. The molecule has 0 aromatic heterocycles. The second-order valence-electron chi connectivity index (χ2n) is 3.59. The molecule has 0 radical (unpaired) electrons. The minimum absolute atomic E-state index is 0.00972.